The van der Waals surface area contributed by atoms with Crippen LogP contribution in [0.5, 0.6) is 0 Å². The maximum Gasteiger partial charge on any atom is 0.319 e. The van der Waals surface area contributed by atoms with Crippen LogP contribution in [0.3, 0.4) is 0 Å². The highest BCUT2D eigenvalue weighted by atomic mass is 16.6. The Labute approximate surface area is 140 Å². The average molecular weight is 340 g/mol. The van der Waals surface area contributed by atoms with Gasteiger partial charge in [0.05, 0.1) is 6.61 Å². The Kier molecular flexibility index (Phi) is 6.14. The molecule has 1 aliphatic rings. The minimum absolute atomic E-state index is 0.558. The van der Waals surface area contributed by atoms with Crippen LogP contribution in [0.4, 0.5) is 10.5 Å². The lowest BCUT2D eigenvalue weighted by Gasteiger charge is -2.40. The number of para-hydroxylation sites is 1. The van der Waals surface area contributed by atoms with Crippen LogP contribution in [0, 0.1) is 6.92 Å². The molecule has 0 saturated carbocycles. The van der Waals surface area contributed by atoms with Crippen molar-refractivity contribution in [3.05, 3.63) is 29.3 Å². The van der Waals surface area contributed by atoms with Gasteiger partial charge in [0.1, 0.15) is 24.4 Å². The highest BCUT2D eigenvalue weighted by Gasteiger charge is 2.44. The van der Waals surface area contributed by atoms with Crippen LogP contribution < -0.4 is 10.6 Å². The lowest BCUT2D eigenvalue weighted by atomic mass is 9.97. The van der Waals surface area contributed by atoms with Gasteiger partial charge >= 0.3 is 6.03 Å². The molecule has 0 unspecified atom stereocenters. The summed E-state index contributed by atoms with van der Waals surface area (Å²) in [6.45, 7) is 3.26. The van der Waals surface area contributed by atoms with E-state index in [1.54, 1.807) is 0 Å². The smallest absolute Gasteiger partial charge is 0.319 e. The van der Waals surface area contributed by atoms with Gasteiger partial charge in [0.2, 0.25) is 0 Å². The number of hydrogen-bond acceptors (Lipinski definition) is 6. The van der Waals surface area contributed by atoms with Crippen molar-refractivity contribution in [2.45, 2.75) is 50.9 Å². The zero-order valence-electron chi connectivity index (χ0n) is 13.6. The lowest BCUT2D eigenvalue weighted by Crippen LogP contribution is -2.64. The molecule has 1 aromatic rings. The number of aliphatic hydroxyl groups excluding tert-OH is 4. The molecule has 6 N–H and O–H groups in total. The summed E-state index contributed by atoms with van der Waals surface area (Å²) in [5, 5.41) is 43.9. The van der Waals surface area contributed by atoms with E-state index in [1.165, 1.54) is 0 Å². The molecule has 5 atom stereocenters. The molecule has 24 heavy (non-hydrogen) atoms. The number of ether oxygens (including phenoxy) is 1. The van der Waals surface area contributed by atoms with Gasteiger partial charge in [0.15, 0.2) is 6.29 Å². The first kappa shape index (κ1) is 18.6. The number of rotatable bonds is 4. The molecular weight excluding hydrogens is 316 g/mol. The van der Waals surface area contributed by atoms with Gasteiger partial charge in [-0.25, -0.2) is 4.79 Å². The van der Waals surface area contributed by atoms with Crippen LogP contribution >= 0.6 is 0 Å². The fourth-order valence-corrected chi connectivity index (χ4v) is 2.76. The third kappa shape index (κ3) is 3.85. The molecule has 2 amide bonds. The molecule has 0 spiro atoms. The van der Waals surface area contributed by atoms with Crippen molar-refractivity contribution in [1.82, 2.24) is 5.32 Å². The maximum atomic E-state index is 12.2. The molecule has 1 fully saturated rings. The second kappa shape index (κ2) is 7.91. The van der Waals surface area contributed by atoms with Crippen LogP contribution in [0.1, 0.15) is 18.1 Å². The van der Waals surface area contributed by atoms with Crippen molar-refractivity contribution in [1.29, 1.82) is 0 Å². The van der Waals surface area contributed by atoms with Crippen molar-refractivity contribution in [2.24, 2.45) is 0 Å². The van der Waals surface area contributed by atoms with Crippen LogP contribution in [0.2, 0.25) is 0 Å². The Balaban J connectivity index is 2.07. The van der Waals surface area contributed by atoms with Gasteiger partial charge in [-0.3, -0.25) is 0 Å². The molecule has 134 valence electrons. The number of carbonyl (C=O) groups is 1. The minimum atomic E-state index is -1.55. The first-order valence-electron chi connectivity index (χ1n) is 7.85. The number of amides is 2. The van der Waals surface area contributed by atoms with Crippen molar-refractivity contribution in [3.63, 3.8) is 0 Å². The molecule has 1 heterocycles. The zero-order valence-corrected chi connectivity index (χ0v) is 13.6. The number of carbonyl (C=O) groups excluding carboxylic acids is 1. The summed E-state index contributed by atoms with van der Waals surface area (Å²) >= 11 is 0. The summed E-state index contributed by atoms with van der Waals surface area (Å²) in [6.07, 6.45) is -4.83. The Morgan fingerprint density at radius 3 is 2.58 bits per heavy atom. The Morgan fingerprint density at radius 2 is 1.96 bits per heavy atom. The highest BCUT2D eigenvalue weighted by molar-refractivity contribution is 5.91. The molecule has 0 radical (unpaired) electrons. The molecule has 0 aromatic heterocycles. The number of nitrogens with one attached hydrogen (secondary N) is 2. The first-order valence-corrected chi connectivity index (χ1v) is 7.85. The Hall–Kier alpha value is -1.71. The minimum Gasteiger partial charge on any atom is -0.394 e. The van der Waals surface area contributed by atoms with Gasteiger partial charge < -0.3 is 35.8 Å². The standard InChI is InChI=1S/C16H24N2O6/c1-3-9-6-4-5-8(2)11(9)17-16(23)18-12-14(21)13(20)10(7-19)24-15(12)22/h4-6,10,12-15,19-22H,3,7H2,1-2H3,(H2,17,18,23)/t10-,12-,13-,14-,15+/m1/s1. The van der Waals surface area contributed by atoms with Gasteiger partial charge in [-0.15, -0.1) is 0 Å². The Morgan fingerprint density at radius 1 is 1.25 bits per heavy atom. The van der Waals surface area contributed by atoms with Crippen LogP contribution in [-0.4, -0.2) is 63.7 Å². The maximum absolute atomic E-state index is 12.2. The normalized spacial score (nSPS) is 30.0. The quantitative estimate of drug-likeness (QED) is 0.437. The average Bonchev–Trinajstić information content (AvgIpc) is 2.56. The number of hydrogen-bond donors (Lipinski definition) is 6. The fraction of sp³-hybridized carbons (Fsp3) is 0.562. The van der Waals surface area contributed by atoms with Gasteiger partial charge in [0, 0.05) is 5.69 Å². The van der Waals surface area contributed by atoms with E-state index in [-0.39, 0.29) is 0 Å². The van der Waals surface area contributed by atoms with Gasteiger partial charge in [-0.2, -0.15) is 0 Å². The second-order valence-corrected chi connectivity index (χ2v) is 5.82. The van der Waals surface area contributed by atoms with Gasteiger partial charge in [-0.05, 0) is 24.5 Å². The van der Waals surface area contributed by atoms with E-state index >= 15 is 0 Å². The number of anilines is 1. The molecular formula is C16H24N2O6. The van der Waals surface area contributed by atoms with Crippen molar-refractivity contribution < 1.29 is 30.0 Å². The zero-order chi connectivity index (χ0) is 17.9. The van der Waals surface area contributed by atoms with E-state index in [0.29, 0.717) is 5.69 Å². The molecule has 2 rings (SSSR count). The molecule has 8 heteroatoms. The van der Waals surface area contributed by atoms with E-state index < -0.39 is 43.3 Å². The molecule has 0 aliphatic carbocycles. The lowest BCUT2D eigenvalue weighted by molar-refractivity contribution is -0.252. The van der Waals surface area contributed by atoms with Crippen LogP contribution in [-0.2, 0) is 11.2 Å². The fourth-order valence-electron chi connectivity index (χ4n) is 2.76. The molecule has 1 aromatic carbocycles. The summed E-state index contributed by atoms with van der Waals surface area (Å²) in [5.41, 5.74) is 2.49. The predicted molar refractivity (Wildman–Crippen MR) is 86.5 cm³/mol. The summed E-state index contributed by atoms with van der Waals surface area (Å²) < 4.78 is 5.00. The summed E-state index contributed by atoms with van der Waals surface area (Å²) in [5.74, 6) is 0. The van der Waals surface area contributed by atoms with Gasteiger partial charge in [-0.1, -0.05) is 25.1 Å². The van der Waals surface area contributed by atoms with Crippen LogP contribution in [0.25, 0.3) is 0 Å². The van der Waals surface area contributed by atoms with Gasteiger partial charge in [0.25, 0.3) is 0 Å². The third-order valence-corrected chi connectivity index (χ3v) is 4.18. The third-order valence-electron chi connectivity index (χ3n) is 4.18. The Bertz CT molecular complexity index is 582. The number of aryl methyl sites for hydroxylation is 2. The summed E-state index contributed by atoms with van der Waals surface area (Å²) in [7, 11) is 0. The summed E-state index contributed by atoms with van der Waals surface area (Å²) in [6, 6.07) is 3.78. The van der Waals surface area contributed by atoms with Crippen LogP contribution in [0.15, 0.2) is 18.2 Å². The van der Waals surface area contributed by atoms with Crippen molar-refractivity contribution in [2.75, 3.05) is 11.9 Å². The van der Waals surface area contributed by atoms with E-state index in [2.05, 4.69) is 10.6 Å². The molecule has 1 aliphatic heterocycles. The summed E-state index contributed by atoms with van der Waals surface area (Å²) in [4.78, 5) is 12.2. The molecule has 8 nitrogen and oxygen atoms in total. The number of urea groups is 1. The molecule has 0 bridgehead atoms. The van der Waals surface area contributed by atoms with Crippen molar-refractivity contribution >= 4 is 11.7 Å². The topological polar surface area (TPSA) is 131 Å². The predicted octanol–water partition coefficient (Wildman–Crippen LogP) is -0.521. The second-order valence-electron chi connectivity index (χ2n) is 5.82. The number of benzene rings is 1. The monoisotopic (exact) mass is 340 g/mol. The SMILES string of the molecule is CCc1cccc(C)c1NC(=O)N[C@@H]1[C@@H](O)[C@H](O)[C@@H](CO)O[C@@H]1O. The first-order chi connectivity index (χ1) is 11.4. The largest absolute Gasteiger partial charge is 0.394 e. The van der Waals surface area contributed by atoms with E-state index in [0.717, 1.165) is 17.5 Å². The van der Waals surface area contributed by atoms with E-state index in [1.807, 2.05) is 32.0 Å². The molecule has 1 saturated heterocycles. The van der Waals surface area contributed by atoms with E-state index in [4.69, 9.17) is 9.84 Å². The van der Waals surface area contributed by atoms with E-state index in [9.17, 15) is 20.1 Å². The number of aliphatic hydroxyl groups is 4. The van der Waals surface area contributed by atoms with Crippen molar-refractivity contribution in [3.8, 4) is 0 Å². The highest BCUT2D eigenvalue weighted by Crippen LogP contribution is 2.22.